The molecule has 1 aliphatic heterocycles. The van der Waals surface area contributed by atoms with E-state index in [4.69, 9.17) is 11.6 Å². The predicted octanol–water partition coefficient (Wildman–Crippen LogP) is 4.74. The van der Waals surface area contributed by atoms with Crippen molar-refractivity contribution >= 4 is 23.4 Å². The highest BCUT2D eigenvalue weighted by molar-refractivity contribution is 6.30. The first-order valence-electron chi connectivity index (χ1n) is 12.5. The molecular weight excluding hydrogens is 448 g/mol. The Balaban J connectivity index is 1.58. The first kappa shape index (κ1) is 24.7. The van der Waals surface area contributed by atoms with Crippen LogP contribution in [0.15, 0.2) is 42.7 Å². The van der Waals surface area contributed by atoms with Crippen LogP contribution in [0.25, 0.3) is 11.1 Å². The predicted molar refractivity (Wildman–Crippen MR) is 135 cm³/mol. The molecule has 34 heavy (non-hydrogen) atoms. The van der Waals surface area contributed by atoms with E-state index >= 15 is 0 Å². The van der Waals surface area contributed by atoms with Crippen molar-refractivity contribution in [2.45, 2.75) is 70.0 Å². The Bertz CT molecular complexity index is 1010. The van der Waals surface area contributed by atoms with Crippen LogP contribution >= 0.6 is 11.6 Å². The molecule has 2 aromatic rings. The van der Waals surface area contributed by atoms with Gasteiger partial charge in [0.25, 0.3) is 0 Å². The van der Waals surface area contributed by atoms with Crippen LogP contribution in [0.3, 0.4) is 0 Å². The molecule has 0 radical (unpaired) electrons. The average molecular weight is 483 g/mol. The summed E-state index contributed by atoms with van der Waals surface area (Å²) in [6.45, 7) is 2.52. The molecule has 1 saturated heterocycles. The van der Waals surface area contributed by atoms with Crippen molar-refractivity contribution in [1.82, 2.24) is 20.5 Å². The molecule has 2 fully saturated rings. The molecule has 2 heterocycles. The number of likely N-dealkylation sites (N-methyl/N-ethyl adjacent to an activating group) is 1. The summed E-state index contributed by atoms with van der Waals surface area (Å²) in [4.78, 5) is 33.2. The zero-order chi connectivity index (χ0) is 24.1. The van der Waals surface area contributed by atoms with Crippen molar-refractivity contribution in [3.05, 3.63) is 53.3 Å². The van der Waals surface area contributed by atoms with Crippen LogP contribution in [0.5, 0.6) is 0 Å². The summed E-state index contributed by atoms with van der Waals surface area (Å²) in [7, 11) is 1.76. The Labute approximate surface area is 207 Å². The minimum atomic E-state index is -0.478. The molecule has 1 aliphatic carbocycles. The second-order valence-electron chi connectivity index (χ2n) is 9.60. The average Bonchev–Trinajstić information content (AvgIpc) is 3.37. The van der Waals surface area contributed by atoms with Crippen molar-refractivity contribution in [3.8, 4) is 11.1 Å². The second kappa shape index (κ2) is 11.3. The van der Waals surface area contributed by atoms with Crippen molar-refractivity contribution in [2.24, 2.45) is 5.92 Å². The van der Waals surface area contributed by atoms with Crippen LogP contribution in [0, 0.1) is 5.92 Å². The Morgan fingerprint density at radius 1 is 1.06 bits per heavy atom. The Kier molecular flexibility index (Phi) is 8.22. The number of nitrogens with zero attached hydrogens (tertiary/aromatic N) is 2. The van der Waals surface area contributed by atoms with Gasteiger partial charge in [-0.15, -0.1) is 0 Å². The second-order valence-corrected chi connectivity index (χ2v) is 10.0. The number of likely N-dealkylation sites (tertiary alicyclic amines) is 1. The van der Waals surface area contributed by atoms with Crippen LogP contribution in [-0.2, 0) is 9.59 Å². The van der Waals surface area contributed by atoms with Gasteiger partial charge in [0.05, 0.1) is 12.1 Å². The molecule has 1 aromatic heterocycles. The van der Waals surface area contributed by atoms with Crippen molar-refractivity contribution in [2.75, 3.05) is 13.6 Å². The van der Waals surface area contributed by atoms with Gasteiger partial charge < -0.3 is 15.5 Å². The van der Waals surface area contributed by atoms with Gasteiger partial charge in [-0.1, -0.05) is 43.0 Å². The minimum Gasteiger partial charge on any atom is -0.343 e. The lowest BCUT2D eigenvalue weighted by molar-refractivity contribution is -0.139. The maximum Gasteiger partial charge on any atom is 0.245 e. The lowest BCUT2D eigenvalue weighted by atomic mass is 9.83. The topological polar surface area (TPSA) is 74.3 Å². The number of hydrogen-bond acceptors (Lipinski definition) is 4. The summed E-state index contributed by atoms with van der Waals surface area (Å²) in [6.07, 6.45) is 10.9. The quantitative estimate of drug-likeness (QED) is 0.597. The van der Waals surface area contributed by atoms with Gasteiger partial charge >= 0.3 is 0 Å². The number of pyridine rings is 1. The smallest absolute Gasteiger partial charge is 0.245 e. The number of amides is 2. The molecule has 3 atom stereocenters. The minimum absolute atomic E-state index is 0.0381. The number of hydrogen-bond donors (Lipinski definition) is 2. The molecular formula is C27H35ClN4O2. The lowest BCUT2D eigenvalue weighted by Gasteiger charge is -2.35. The molecule has 2 aliphatic rings. The van der Waals surface area contributed by atoms with Gasteiger partial charge in [0, 0.05) is 29.5 Å². The lowest BCUT2D eigenvalue weighted by Crippen LogP contribution is -2.55. The van der Waals surface area contributed by atoms with E-state index in [0.29, 0.717) is 11.6 Å². The molecule has 6 nitrogen and oxygen atoms in total. The Hall–Kier alpha value is -2.44. The van der Waals surface area contributed by atoms with E-state index in [9.17, 15) is 9.59 Å². The monoisotopic (exact) mass is 482 g/mol. The maximum absolute atomic E-state index is 13.9. The van der Waals surface area contributed by atoms with Crippen molar-refractivity contribution in [1.29, 1.82) is 0 Å². The first-order valence-corrected chi connectivity index (χ1v) is 12.8. The summed E-state index contributed by atoms with van der Waals surface area (Å²) in [6, 6.07) is 8.99. The number of aromatic nitrogens is 1. The van der Waals surface area contributed by atoms with E-state index in [1.54, 1.807) is 7.05 Å². The van der Waals surface area contributed by atoms with Gasteiger partial charge in [-0.25, -0.2) is 0 Å². The normalized spacial score (nSPS) is 20.7. The fraction of sp³-hybridized carbons (Fsp3) is 0.519. The zero-order valence-corrected chi connectivity index (χ0v) is 20.9. The molecule has 7 heteroatoms. The molecule has 1 saturated carbocycles. The van der Waals surface area contributed by atoms with Crippen LogP contribution in [0.4, 0.5) is 0 Å². The van der Waals surface area contributed by atoms with E-state index in [2.05, 4.69) is 21.7 Å². The summed E-state index contributed by atoms with van der Waals surface area (Å²) in [5, 5.41) is 6.78. The molecule has 2 N–H and O–H groups in total. The molecule has 182 valence electrons. The van der Waals surface area contributed by atoms with Gasteiger partial charge in [0.15, 0.2) is 0 Å². The van der Waals surface area contributed by atoms with Crippen LogP contribution in [0.2, 0.25) is 5.02 Å². The summed E-state index contributed by atoms with van der Waals surface area (Å²) in [5.74, 6) is 0.109. The van der Waals surface area contributed by atoms with E-state index in [0.717, 1.165) is 55.2 Å². The Morgan fingerprint density at radius 2 is 1.85 bits per heavy atom. The van der Waals surface area contributed by atoms with E-state index in [-0.39, 0.29) is 29.8 Å². The number of rotatable bonds is 7. The van der Waals surface area contributed by atoms with Gasteiger partial charge in [0.2, 0.25) is 11.8 Å². The zero-order valence-electron chi connectivity index (χ0n) is 20.1. The van der Waals surface area contributed by atoms with E-state index < -0.39 is 6.04 Å². The molecule has 0 bridgehead atoms. The van der Waals surface area contributed by atoms with E-state index in [1.165, 1.54) is 6.42 Å². The van der Waals surface area contributed by atoms with E-state index in [1.807, 2.05) is 48.5 Å². The summed E-state index contributed by atoms with van der Waals surface area (Å²) >= 11 is 6.20. The highest BCUT2D eigenvalue weighted by Gasteiger charge is 2.39. The third kappa shape index (κ3) is 5.61. The van der Waals surface area contributed by atoms with Gasteiger partial charge in [0.1, 0.15) is 6.04 Å². The summed E-state index contributed by atoms with van der Waals surface area (Å²) in [5.41, 5.74) is 3.02. The molecule has 3 unspecified atom stereocenters. The number of carbonyl (C=O) groups is 2. The Morgan fingerprint density at radius 3 is 2.59 bits per heavy atom. The number of benzene rings is 1. The molecule has 1 aromatic carbocycles. The standard InChI is InChI=1S/C27H35ClN4O2/c1-18(29-2)26(33)31-25(19-8-4-3-5-9-19)27(34)32-13-7-12-24(32)22-14-21(16-30-17-22)20-10-6-11-23(28)15-20/h6,10-11,14-19,24-25,29H,3-5,7-9,12-13H2,1-2H3,(H,31,33). The van der Waals surface area contributed by atoms with Crippen LogP contribution < -0.4 is 10.6 Å². The molecule has 0 spiro atoms. The highest BCUT2D eigenvalue weighted by Crippen LogP contribution is 2.36. The summed E-state index contributed by atoms with van der Waals surface area (Å²) < 4.78 is 0. The molecule has 2 amide bonds. The van der Waals surface area contributed by atoms with Gasteiger partial charge in [-0.05, 0) is 74.9 Å². The number of nitrogens with one attached hydrogen (secondary N) is 2. The maximum atomic E-state index is 13.9. The van der Waals surface area contributed by atoms with Crippen LogP contribution in [0.1, 0.15) is 63.5 Å². The third-order valence-electron chi connectivity index (χ3n) is 7.35. The number of halogens is 1. The fourth-order valence-corrected chi connectivity index (χ4v) is 5.47. The van der Waals surface area contributed by atoms with Gasteiger partial charge in [-0.3, -0.25) is 14.6 Å². The van der Waals surface area contributed by atoms with Crippen molar-refractivity contribution in [3.63, 3.8) is 0 Å². The van der Waals surface area contributed by atoms with Gasteiger partial charge in [-0.2, -0.15) is 0 Å². The number of carbonyl (C=O) groups excluding carboxylic acids is 2. The van der Waals surface area contributed by atoms with Crippen molar-refractivity contribution < 1.29 is 9.59 Å². The fourth-order valence-electron chi connectivity index (χ4n) is 5.28. The SMILES string of the molecule is CNC(C)C(=O)NC(C(=O)N1CCCC1c1cncc(-c2cccc(Cl)c2)c1)C1CCCCC1. The largest absolute Gasteiger partial charge is 0.343 e. The highest BCUT2D eigenvalue weighted by atomic mass is 35.5. The first-order chi connectivity index (χ1) is 16.5. The molecule has 4 rings (SSSR count). The third-order valence-corrected chi connectivity index (χ3v) is 7.58. The van der Waals surface area contributed by atoms with Crippen LogP contribution in [-0.4, -0.2) is 47.4 Å².